The molecular weight excluding hydrogens is 429 g/mol. The number of halogens is 1. The zero-order valence-corrected chi connectivity index (χ0v) is 18.8. The van der Waals surface area contributed by atoms with Gasteiger partial charge in [-0.3, -0.25) is 9.78 Å². The number of aromatic nitrogens is 2. The van der Waals surface area contributed by atoms with Crippen LogP contribution in [0.5, 0.6) is 0 Å². The van der Waals surface area contributed by atoms with Crippen molar-refractivity contribution in [2.75, 3.05) is 38.1 Å². The van der Waals surface area contributed by atoms with Crippen molar-refractivity contribution in [3.05, 3.63) is 52.4 Å². The third kappa shape index (κ3) is 4.82. The fourth-order valence-electron chi connectivity index (χ4n) is 3.68. The molecule has 0 aromatic carbocycles. The van der Waals surface area contributed by atoms with E-state index < -0.39 is 17.0 Å². The van der Waals surface area contributed by atoms with Crippen molar-refractivity contribution in [2.45, 2.75) is 30.0 Å². The van der Waals surface area contributed by atoms with Crippen LogP contribution >= 0.6 is 11.8 Å². The zero-order valence-electron chi connectivity index (χ0n) is 18.0. The van der Waals surface area contributed by atoms with E-state index in [0.29, 0.717) is 36.6 Å². The fraction of sp³-hybridized carbons (Fsp3) is 0.409. The molecule has 0 saturated carbocycles. The van der Waals surface area contributed by atoms with E-state index in [1.54, 1.807) is 0 Å². The van der Waals surface area contributed by atoms with Gasteiger partial charge in [-0.1, -0.05) is 18.7 Å². The zero-order chi connectivity index (χ0) is 23.3. The van der Waals surface area contributed by atoms with Gasteiger partial charge in [0.15, 0.2) is 0 Å². The molecule has 1 aliphatic heterocycles. The molecule has 1 amide bonds. The summed E-state index contributed by atoms with van der Waals surface area (Å²) in [6.45, 7) is 12.8. The molecule has 2 N–H and O–H groups in total. The second kappa shape index (κ2) is 10.4. The number of nitrogens with two attached hydrogens (primary N) is 1. The number of carbonyl (C=O) groups excluding carboxylic acids is 1. The third-order valence-corrected chi connectivity index (χ3v) is 6.55. The molecule has 0 spiro atoms. The van der Waals surface area contributed by atoms with E-state index in [9.17, 15) is 14.4 Å². The van der Waals surface area contributed by atoms with Gasteiger partial charge < -0.3 is 15.5 Å². The number of carbonyl (C=O) groups is 1. The largest absolute Gasteiger partial charge is 0.368 e. The first-order valence-electron chi connectivity index (χ1n) is 10.3. The lowest BCUT2D eigenvalue weighted by molar-refractivity contribution is -0.117. The predicted molar refractivity (Wildman–Crippen MR) is 121 cm³/mol. The lowest BCUT2D eigenvalue weighted by Gasteiger charge is -2.26. The quantitative estimate of drug-likeness (QED) is 0.530. The minimum Gasteiger partial charge on any atom is -0.368 e. The smallest absolute Gasteiger partial charge is 0.237 e. The minimum atomic E-state index is -1.16. The Morgan fingerprint density at radius 2 is 2.22 bits per heavy atom. The van der Waals surface area contributed by atoms with E-state index in [-0.39, 0.29) is 16.3 Å². The predicted octanol–water partition coefficient (Wildman–Crippen LogP) is 3.06. The Morgan fingerprint density at radius 1 is 1.44 bits per heavy atom. The van der Waals surface area contributed by atoms with Crippen LogP contribution in [0.4, 0.5) is 15.9 Å². The van der Waals surface area contributed by atoms with Gasteiger partial charge in [-0.25, -0.2) is 14.2 Å². The molecular formula is C22H24FN7OS. The van der Waals surface area contributed by atoms with Crippen molar-refractivity contribution in [1.82, 2.24) is 14.9 Å². The molecule has 2 aromatic rings. The minimum absolute atomic E-state index is 0.110. The molecule has 2 aromatic heterocycles. The van der Waals surface area contributed by atoms with Crippen molar-refractivity contribution < 1.29 is 9.18 Å². The highest BCUT2D eigenvalue weighted by Crippen LogP contribution is 2.42. The van der Waals surface area contributed by atoms with E-state index in [1.807, 2.05) is 18.9 Å². The van der Waals surface area contributed by atoms with Crippen LogP contribution in [-0.4, -0.2) is 54.0 Å². The summed E-state index contributed by atoms with van der Waals surface area (Å²) in [6, 6.07) is 4.76. The summed E-state index contributed by atoms with van der Waals surface area (Å²) >= 11 is 0.897. The summed E-state index contributed by atoms with van der Waals surface area (Å²) in [5, 5.41) is 8.96. The molecule has 0 aliphatic carbocycles. The highest BCUT2D eigenvalue weighted by molar-refractivity contribution is 8.00. The van der Waals surface area contributed by atoms with Crippen LogP contribution in [0.25, 0.3) is 4.85 Å². The Bertz CT molecular complexity index is 1090. The lowest BCUT2D eigenvalue weighted by Crippen LogP contribution is -2.30. The number of rotatable bonds is 6. The maximum Gasteiger partial charge on any atom is 0.237 e. The van der Waals surface area contributed by atoms with Gasteiger partial charge in [-0.2, -0.15) is 5.26 Å². The van der Waals surface area contributed by atoms with Gasteiger partial charge in [0, 0.05) is 25.8 Å². The summed E-state index contributed by atoms with van der Waals surface area (Å²) in [5.74, 6) is -0.964. The Balaban J connectivity index is 2.14. The molecule has 1 aliphatic rings. The molecule has 0 radical (unpaired) electrons. The van der Waals surface area contributed by atoms with Crippen LogP contribution in [0, 0.1) is 23.7 Å². The second-order valence-corrected chi connectivity index (χ2v) is 8.53. The number of hydrogen-bond donors (Lipinski definition) is 1. The van der Waals surface area contributed by atoms with E-state index >= 15 is 0 Å². The molecule has 8 nitrogen and oxygen atoms in total. The molecule has 1 fully saturated rings. The van der Waals surface area contributed by atoms with Crippen LogP contribution in [0.3, 0.4) is 0 Å². The third-order valence-electron chi connectivity index (χ3n) is 5.34. The number of amides is 1. The van der Waals surface area contributed by atoms with Gasteiger partial charge in [0.05, 0.1) is 17.8 Å². The maximum absolute atomic E-state index is 14.4. The summed E-state index contributed by atoms with van der Waals surface area (Å²) in [5.41, 5.74) is 6.59. The van der Waals surface area contributed by atoms with Crippen LogP contribution in [-0.2, 0) is 11.2 Å². The first-order valence-corrected chi connectivity index (χ1v) is 11.1. The van der Waals surface area contributed by atoms with E-state index in [2.05, 4.69) is 25.8 Å². The first kappa shape index (κ1) is 23.5. The number of anilines is 1. The van der Waals surface area contributed by atoms with E-state index in [4.69, 9.17) is 12.3 Å². The Morgan fingerprint density at radius 3 is 2.84 bits per heavy atom. The van der Waals surface area contributed by atoms with Crippen LogP contribution in [0.15, 0.2) is 23.4 Å². The van der Waals surface area contributed by atoms with Crippen molar-refractivity contribution in [3.8, 4) is 6.07 Å². The summed E-state index contributed by atoms with van der Waals surface area (Å²) in [4.78, 5) is 28.8. The molecule has 32 heavy (non-hydrogen) atoms. The van der Waals surface area contributed by atoms with Crippen LogP contribution in [0.2, 0.25) is 0 Å². The molecule has 1 atom stereocenters. The monoisotopic (exact) mass is 453 g/mol. The maximum atomic E-state index is 14.4. The molecule has 1 unspecified atom stereocenters. The number of thioether (sulfide) groups is 1. The Labute approximate surface area is 191 Å². The summed E-state index contributed by atoms with van der Waals surface area (Å²) in [7, 11) is 2.04. The van der Waals surface area contributed by atoms with Gasteiger partial charge in [-0.15, -0.1) is 0 Å². The Kier molecular flexibility index (Phi) is 7.62. The number of nitriles is 1. The van der Waals surface area contributed by atoms with Crippen LogP contribution in [0.1, 0.15) is 35.4 Å². The average molecular weight is 454 g/mol. The topological polar surface area (TPSA) is 104 Å². The van der Waals surface area contributed by atoms with Crippen molar-refractivity contribution >= 4 is 29.2 Å². The highest BCUT2D eigenvalue weighted by atomic mass is 32.2. The van der Waals surface area contributed by atoms with Gasteiger partial charge in [0.25, 0.3) is 0 Å². The SMILES string of the molecule is [C-]#[N+]c1c(N2CCCN(C)CC2)nc(SC(C(N)=O)c2ncccc2F)c(C#N)c1CC. The summed E-state index contributed by atoms with van der Waals surface area (Å²) in [6.07, 6.45) is 2.73. The normalized spacial score (nSPS) is 15.5. The van der Waals surface area contributed by atoms with E-state index in [0.717, 1.165) is 31.3 Å². The lowest BCUT2D eigenvalue weighted by atomic mass is 10.1. The van der Waals surface area contributed by atoms with Gasteiger partial charge >= 0.3 is 0 Å². The van der Waals surface area contributed by atoms with Crippen LogP contribution < -0.4 is 10.6 Å². The molecule has 1 saturated heterocycles. The molecule has 3 heterocycles. The first-order chi connectivity index (χ1) is 15.4. The standard InChI is InChI=1S/C22H24FN7OS/c1-4-14-15(13-24)22(32-19(20(25)31)18-16(23)7-5-8-27-18)28-21(17(14)26-2)30-10-6-9-29(3)11-12-30/h5,7-8,19H,4,6,9-12H2,1,3H3,(H2,25,31). The van der Waals surface area contributed by atoms with E-state index in [1.165, 1.54) is 18.3 Å². The number of primary amides is 1. The van der Waals surface area contributed by atoms with Gasteiger partial charge in [0.1, 0.15) is 28.0 Å². The summed E-state index contributed by atoms with van der Waals surface area (Å²) < 4.78 is 14.4. The highest BCUT2D eigenvalue weighted by Gasteiger charge is 2.30. The average Bonchev–Trinajstić information content (AvgIpc) is 3.01. The van der Waals surface area contributed by atoms with Crippen molar-refractivity contribution in [2.24, 2.45) is 5.73 Å². The van der Waals surface area contributed by atoms with Gasteiger partial charge in [-0.05, 0) is 44.1 Å². The van der Waals surface area contributed by atoms with Gasteiger partial charge in [0.2, 0.25) is 11.6 Å². The van der Waals surface area contributed by atoms with Crippen molar-refractivity contribution in [3.63, 3.8) is 0 Å². The second-order valence-electron chi connectivity index (χ2n) is 7.43. The Hall–Kier alpha value is -3.21. The molecule has 3 rings (SSSR count). The number of likely N-dealkylation sites (N-methyl/N-ethyl adjacent to an activating group) is 1. The molecule has 166 valence electrons. The number of nitrogens with zero attached hydrogens (tertiary/aromatic N) is 6. The fourth-order valence-corrected chi connectivity index (χ4v) is 4.73. The number of pyridine rings is 2. The molecule has 10 heteroatoms. The number of hydrogen-bond acceptors (Lipinski definition) is 7. The van der Waals surface area contributed by atoms with Crippen molar-refractivity contribution in [1.29, 1.82) is 5.26 Å². The molecule has 0 bridgehead atoms.